The predicted octanol–water partition coefficient (Wildman–Crippen LogP) is 2.98. The molecule has 3 rings (SSSR count). The van der Waals surface area contributed by atoms with E-state index in [1.165, 1.54) is 0 Å². The average molecular weight is 453 g/mol. The Hall–Kier alpha value is -2.92. The highest BCUT2D eigenvalue weighted by molar-refractivity contribution is 5.92. The number of benzene rings is 1. The van der Waals surface area contributed by atoms with Crippen molar-refractivity contribution in [3.8, 4) is 6.07 Å². The number of carbonyl (C=O) groups is 1. The van der Waals surface area contributed by atoms with Crippen LogP contribution in [-0.2, 0) is 11.3 Å². The second-order valence-electron chi connectivity index (χ2n) is 10.3. The first-order valence-electron chi connectivity index (χ1n) is 11.8. The van der Waals surface area contributed by atoms with Crippen molar-refractivity contribution < 1.29 is 4.79 Å². The van der Waals surface area contributed by atoms with Crippen molar-refractivity contribution >= 4 is 22.6 Å². The lowest BCUT2D eigenvalue weighted by molar-refractivity contribution is -0.121. The molecule has 2 heterocycles. The molecule has 33 heavy (non-hydrogen) atoms. The van der Waals surface area contributed by atoms with Crippen molar-refractivity contribution in [1.29, 1.82) is 5.26 Å². The van der Waals surface area contributed by atoms with E-state index in [1.54, 1.807) is 4.57 Å². The Morgan fingerprint density at radius 1 is 1.27 bits per heavy atom. The highest BCUT2D eigenvalue weighted by Crippen LogP contribution is 2.26. The van der Waals surface area contributed by atoms with Gasteiger partial charge < -0.3 is 15.5 Å². The fraction of sp³-hybridized carbons (Fsp3) is 0.600. The standard InChI is InChI=1S/C25H36N6O2/c1-25(2,3)12-9-20(23(32)27-14-13-26)28-22-19-7-5-6-8-21(19)31(24(33)29-22)17-18-10-15-30(4)16-11-18/h5-8,18,20H,9-12,14-17H2,1-4H3,(H,27,32)(H,28,29,33)/t20-/m0/s1. The summed E-state index contributed by atoms with van der Waals surface area (Å²) in [7, 11) is 2.13. The number of anilines is 1. The molecule has 0 bridgehead atoms. The van der Waals surface area contributed by atoms with Gasteiger partial charge in [-0.1, -0.05) is 32.9 Å². The number of para-hydroxylation sites is 1. The minimum atomic E-state index is -0.586. The number of amides is 1. The molecule has 1 aliphatic rings. The van der Waals surface area contributed by atoms with Crippen molar-refractivity contribution in [2.24, 2.45) is 11.3 Å². The Kier molecular flexibility index (Phi) is 8.09. The zero-order valence-electron chi connectivity index (χ0n) is 20.2. The Morgan fingerprint density at radius 3 is 2.64 bits per heavy atom. The minimum absolute atomic E-state index is 0.0441. The lowest BCUT2D eigenvalue weighted by atomic mass is 9.88. The topological polar surface area (TPSA) is 103 Å². The van der Waals surface area contributed by atoms with Crippen molar-refractivity contribution in [2.45, 2.75) is 59.0 Å². The van der Waals surface area contributed by atoms with E-state index >= 15 is 0 Å². The fourth-order valence-electron chi connectivity index (χ4n) is 4.28. The average Bonchev–Trinajstić information content (AvgIpc) is 2.78. The first-order valence-corrected chi connectivity index (χ1v) is 11.8. The molecular formula is C25H36N6O2. The first kappa shape index (κ1) is 24.7. The molecule has 8 heteroatoms. The Bertz CT molecular complexity index is 1060. The second kappa shape index (κ2) is 10.8. The van der Waals surface area contributed by atoms with E-state index in [4.69, 9.17) is 5.26 Å². The summed E-state index contributed by atoms with van der Waals surface area (Å²) in [5, 5.41) is 15.5. The largest absolute Gasteiger partial charge is 0.358 e. The molecule has 0 radical (unpaired) electrons. The van der Waals surface area contributed by atoms with Crippen LogP contribution in [-0.4, -0.2) is 53.1 Å². The molecule has 1 aromatic carbocycles. The van der Waals surface area contributed by atoms with Gasteiger partial charge in [0.1, 0.15) is 18.4 Å². The number of likely N-dealkylation sites (tertiary alicyclic amines) is 1. The van der Waals surface area contributed by atoms with Crippen LogP contribution < -0.4 is 16.3 Å². The number of aromatic nitrogens is 2. The van der Waals surface area contributed by atoms with Gasteiger partial charge in [-0.15, -0.1) is 0 Å². The fourth-order valence-corrected chi connectivity index (χ4v) is 4.28. The molecule has 2 aromatic rings. The Balaban J connectivity index is 1.90. The number of hydrogen-bond acceptors (Lipinski definition) is 6. The van der Waals surface area contributed by atoms with E-state index in [9.17, 15) is 9.59 Å². The second-order valence-corrected chi connectivity index (χ2v) is 10.3. The van der Waals surface area contributed by atoms with E-state index in [2.05, 4.69) is 48.3 Å². The Labute approximate surface area is 196 Å². The van der Waals surface area contributed by atoms with Crippen LogP contribution in [0.2, 0.25) is 0 Å². The molecule has 1 fully saturated rings. The van der Waals surface area contributed by atoms with Gasteiger partial charge >= 0.3 is 5.69 Å². The Morgan fingerprint density at radius 2 is 1.97 bits per heavy atom. The molecule has 8 nitrogen and oxygen atoms in total. The number of nitriles is 1. The van der Waals surface area contributed by atoms with E-state index in [1.807, 2.05) is 30.3 Å². The van der Waals surface area contributed by atoms with Crippen LogP contribution in [0.3, 0.4) is 0 Å². The first-order chi connectivity index (χ1) is 15.7. The summed E-state index contributed by atoms with van der Waals surface area (Å²) >= 11 is 0. The number of rotatable bonds is 8. The number of carbonyl (C=O) groups excluding carboxylic acids is 1. The van der Waals surface area contributed by atoms with Gasteiger partial charge in [0.05, 0.1) is 11.6 Å². The van der Waals surface area contributed by atoms with Crippen LogP contribution in [0.1, 0.15) is 46.5 Å². The molecule has 2 N–H and O–H groups in total. The zero-order chi connectivity index (χ0) is 24.0. The van der Waals surface area contributed by atoms with Crippen molar-refractivity contribution in [2.75, 3.05) is 32.0 Å². The van der Waals surface area contributed by atoms with Gasteiger partial charge in [-0.2, -0.15) is 10.2 Å². The summed E-state index contributed by atoms with van der Waals surface area (Å²) in [5.74, 6) is 0.600. The van der Waals surface area contributed by atoms with Crippen molar-refractivity contribution in [3.63, 3.8) is 0 Å². The third-order valence-corrected chi connectivity index (χ3v) is 6.32. The van der Waals surface area contributed by atoms with Crippen LogP contribution in [0.4, 0.5) is 5.82 Å². The summed E-state index contributed by atoms with van der Waals surface area (Å²) in [4.78, 5) is 32.5. The summed E-state index contributed by atoms with van der Waals surface area (Å²) in [6, 6.07) is 9.08. The summed E-state index contributed by atoms with van der Waals surface area (Å²) < 4.78 is 1.77. The molecule has 1 aromatic heterocycles. The number of piperidine rings is 1. The molecule has 178 valence electrons. The van der Waals surface area contributed by atoms with Crippen molar-refractivity contribution in [3.05, 3.63) is 34.7 Å². The monoisotopic (exact) mass is 452 g/mol. The number of hydrogen-bond donors (Lipinski definition) is 2. The van der Waals surface area contributed by atoms with Crippen LogP contribution in [0.25, 0.3) is 10.9 Å². The smallest absolute Gasteiger partial charge is 0.350 e. The molecule has 1 amide bonds. The highest BCUT2D eigenvalue weighted by atomic mass is 16.2. The minimum Gasteiger partial charge on any atom is -0.358 e. The van der Waals surface area contributed by atoms with Gasteiger partial charge in [-0.3, -0.25) is 9.36 Å². The van der Waals surface area contributed by atoms with Crippen LogP contribution >= 0.6 is 0 Å². The highest BCUT2D eigenvalue weighted by Gasteiger charge is 2.24. The van der Waals surface area contributed by atoms with Gasteiger partial charge in [0.15, 0.2) is 0 Å². The predicted molar refractivity (Wildman–Crippen MR) is 131 cm³/mol. The van der Waals surface area contributed by atoms with Crippen LogP contribution in [0.15, 0.2) is 29.1 Å². The van der Waals surface area contributed by atoms with Gasteiger partial charge in [0.25, 0.3) is 0 Å². The molecule has 0 saturated carbocycles. The maximum absolute atomic E-state index is 13.1. The van der Waals surface area contributed by atoms with E-state index in [-0.39, 0.29) is 23.6 Å². The van der Waals surface area contributed by atoms with E-state index in [0.29, 0.717) is 24.7 Å². The summed E-state index contributed by atoms with van der Waals surface area (Å²) in [5.41, 5.74) is 0.565. The summed E-state index contributed by atoms with van der Waals surface area (Å²) in [6.07, 6.45) is 3.49. The molecular weight excluding hydrogens is 416 g/mol. The lowest BCUT2D eigenvalue weighted by Gasteiger charge is -2.29. The normalized spacial score (nSPS) is 16.3. The van der Waals surface area contributed by atoms with Crippen LogP contribution in [0, 0.1) is 22.7 Å². The van der Waals surface area contributed by atoms with E-state index < -0.39 is 6.04 Å². The number of fused-ring (bicyclic) bond motifs is 1. The molecule has 0 spiro atoms. The lowest BCUT2D eigenvalue weighted by Crippen LogP contribution is -2.41. The van der Waals surface area contributed by atoms with Crippen LogP contribution in [0.5, 0.6) is 0 Å². The summed E-state index contributed by atoms with van der Waals surface area (Å²) in [6.45, 7) is 9.03. The third kappa shape index (κ3) is 6.78. The molecule has 1 atom stereocenters. The van der Waals surface area contributed by atoms with Gasteiger partial charge in [0, 0.05) is 11.9 Å². The zero-order valence-corrected chi connectivity index (χ0v) is 20.2. The quantitative estimate of drug-likeness (QED) is 0.597. The molecule has 0 aliphatic carbocycles. The number of nitrogens with one attached hydrogen (secondary N) is 2. The maximum atomic E-state index is 13.1. The molecule has 1 aliphatic heterocycles. The molecule has 0 unspecified atom stereocenters. The van der Waals surface area contributed by atoms with Gasteiger partial charge in [-0.25, -0.2) is 4.79 Å². The SMILES string of the molecule is CN1CCC(Cn2c(=O)nc(N[C@@H](CCC(C)(C)C)C(=O)NCC#N)c3ccccc32)CC1. The van der Waals surface area contributed by atoms with Crippen molar-refractivity contribution in [1.82, 2.24) is 19.8 Å². The third-order valence-electron chi connectivity index (χ3n) is 6.32. The van der Waals surface area contributed by atoms with Gasteiger partial charge in [-0.05, 0) is 69.3 Å². The van der Waals surface area contributed by atoms with E-state index in [0.717, 1.165) is 43.3 Å². The number of nitrogens with zero attached hydrogens (tertiary/aromatic N) is 4. The maximum Gasteiger partial charge on any atom is 0.350 e. The molecule has 1 saturated heterocycles. The van der Waals surface area contributed by atoms with Gasteiger partial charge in [0.2, 0.25) is 5.91 Å².